The predicted molar refractivity (Wildman–Crippen MR) is 88.3 cm³/mol. The molecule has 1 saturated heterocycles. The maximum absolute atomic E-state index is 10.3. The van der Waals surface area contributed by atoms with Crippen LogP contribution < -0.4 is 0 Å². The highest BCUT2D eigenvalue weighted by Crippen LogP contribution is 2.28. The number of para-hydroxylation sites is 1. The lowest BCUT2D eigenvalue weighted by atomic mass is 9.84. The van der Waals surface area contributed by atoms with Crippen molar-refractivity contribution >= 4 is 11.6 Å². The van der Waals surface area contributed by atoms with Crippen LogP contribution in [0.3, 0.4) is 0 Å². The molecular formula is C17H22ClN3O. The molecule has 4 nitrogen and oxygen atoms in total. The third-order valence-corrected chi connectivity index (χ3v) is 4.99. The zero-order valence-electron chi connectivity index (χ0n) is 13.0. The normalized spacial score (nSPS) is 26.3. The lowest BCUT2D eigenvalue weighted by Crippen LogP contribution is -2.48. The fourth-order valence-electron chi connectivity index (χ4n) is 2.92. The lowest BCUT2D eigenvalue weighted by molar-refractivity contribution is -0.0523. The van der Waals surface area contributed by atoms with Crippen molar-refractivity contribution in [3.63, 3.8) is 0 Å². The van der Waals surface area contributed by atoms with Gasteiger partial charge in [-0.05, 0) is 31.4 Å². The second-order valence-electron chi connectivity index (χ2n) is 6.49. The highest BCUT2D eigenvalue weighted by molar-refractivity contribution is 6.32. The van der Waals surface area contributed by atoms with Crippen molar-refractivity contribution in [3.05, 3.63) is 47.2 Å². The monoisotopic (exact) mass is 319 g/mol. The van der Waals surface area contributed by atoms with Crippen molar-refractivity contribution in [1.29, 1.82) is 0 Å². The van der Waals surface area contributed by atoms with E-state index in [1.54, 1.807) is 0 Å². The molecule has 0 saturated carbocycles. The van der Waals surface area contributed by atoms with Gasteiger partial charge in [-0.15, -0.1) is 0 Å². The summed E-state index contributed by atoms with van der Waals surface area (Å²) in [4.78, 5) is 2.37. The van der Waals surface area contributed by atoms with Crippen LogP contribution in [0.4, 0.5) is 0 Å². The van der Waals surface area contributed by atoms with Gasteiger partial charge in [0, 0.05) is 31.4 Å². The molecule has 0 radical (unpaired) electrons. The summed E-state index contributed by atoms with van der Waals surface area (Å²) < 4.78 is 1.82. The zero-order valence-corrected chi connectivity index (χ0v) is 13.8. The van der Waals surface area contributed by atoms with Crippen LogP contribution in [-0.4, -0.2) is 38.5 Å². The first-order chi connectivity index (χ1) is 10.5. The van der Waals surface area contributed by atoms with Gasteiger partial charge in [0.05, 0.1) is 22.5 Å². The average Bonchev–Trinajstić information content (AvgIpc) is 2.92. The fourth-order valence-corrected chi connectivity index (χ4v) is 3.14. The first-order valence-electron chi connectivity index (χ1n) is 7.69. The van der Waals surface area contributed by atoms with E-state index in [2.05, 4.69) is 16.9 Å². The Morgan fingerprint density at radius 2 is 2.18 bits per heavy atom. The zero-order chi connectivity index (χ0) is 15.7. The van der Waals surface area contributed by atoms with Crippen LogP contribution in [0.15, 0.2) is 36.7 Å². The maximum atomic E-state index is 10.3. The summed E-state index contributed by atoms with van der Waals surface area (Å²) in [5.74, 6) is 0.278. The largest absolute Gasteiger partial charge is 0.390 e. The summed E-state index contributed by atoms with van der Waals surface area (Å²) in [7, 11) is 0. The second-order valence-corrected chi connectivity index (χ2v) is 6.90. The molecule has 0 unspecified atom stereocenters. The first kappa shape index (κ1) is 15.5. The molecule has 0 bridgehead atoms. The van der Waals surface area contributed by atoms with E-state index in [9.17, 15) is 5.11 Å². The Morgan fingerprint density at radius 1 is 1.41 bits per heavy atom. The van der Waals surface area contributed by atoms with Crippen molar-refractivity contribution in [2.24, 2.45) is 5.92 Å². The van der Waals surface area contributed by atoms with Gasteiger partial charge in [0.1, 0.15) is 0 Å². The van der Waals surface area contributed by atoms with E-state index < -0.39 is 5.60 Å². The number of rotatable bonds is 3. The van der Waals surface area contributed by atoms with Gasteiger partial charge in [-0.25, -0.2) is 4.68 Å². The lowest BCUT2D eigenvalue weighted by Gasteiger charge is -2.41. The van der Waals surface area contributed by atoms with Gasteiger partial charge in [0.2, 0.25) is 0 Å². The Balaban J connectivity index is 1.69. The van der Waals surface area contributed by atoms with E-state index in [4.69, 9.17) is 11.6 Å². The van der Waals surface area contributed by atoms with E-state index in [0.717, 1.165) is 37.3 Å². The van der Waals surface area contributed by atoms with E-state index in [0.29, 0.717) is 5.02 Å². The van der Waals surface area contributed by atoms with Gasteiger partial charge < -0.3 is 5.11 Å². The summed E-state index contributed by atoms with van der Waals surface area (Å²) in [6.07, 6.45) is 4.73. The molecule has 1 fully saturated rings. The number of piperidine rings is 1. The number of hydrogen-bond donors (Lipinski definition) is 1. The number of likely N-dealkylation sites (tertiary alicyclic amines) is 1. The molecule has 5 heteroatoms. The molecule has 22 heavy (non-hydrogen) atoms. The maximum Gasteiger partial charge on any atom is 0.0831 e. The van der Waals surface area contributed by atoms with E-state index in [-0.39, 0.29) is 5.92 Å². The smallest absolute Gasteiger partial charge is 0.0831 e. The van der Waals surface area contributed by atoms with Crippen molar-refractivity contribution < 1.29 is 5.11 Å². The summed E-state index contributed by atoms with van der Waals surface area (Å²) in [6.45, 7) is 6.72. The quantitative estimate of drug-likeness (QED) is 0.945. The molecule has 0 aliphatic carbocycles. The fraction of sp³-hybridized carbons (Fsp3) is 0.471. The molecule has 1 N–H and O–H groups in total. The van der Waals surface area contributed by atoms with Crippen LogP contribution in [0.2, 0.25) is 5.02 Å². The molecule has 0 amide bonds. The second kappa shape index (κ2) is 6.03. The Morgan fingerprint density at radius 3 is 2.91 bits per heavy atom. The van der Waals surface area contributed by atoms with Gasteiger partial charge in [-0.1, -0.05) is 30.7 Å². The van der Waals surface area contributed by atoms with Crippen molar-refractivity contribution in [2.75, 3.05) is 13.1 Å². The number of aromatic nitrogens is 2. The highest BCUT2D eigenvalue weighted by atomic mass is 35.5. The van der Waals surface area contributed by atoms with Gasteiger partial charge >= 0.3 is 0 Å². The molecule has 3 rings (SSSR count). The molecule has 118 valence electrons. The predicted octanol–water partition coefficient (Wildman–Crippen LogP) is 3.12. The van der Waals surface area contributed by atoms with Crippen molar-refractivity contribution in [1.82, 2.24) is 14.7 Å². The van der Waals surface area contributed by atoms with Gasteiger partial charge in [-0.3, -0.25) is 4.90 Å². The summed E-state index contributed by atoms with van der Waals surface area (Å²) >= 11 is 6.21. The van der Waals surface area contributed by atoms with Crippen LogP contribution >= 0.6 is 11.6 Å². The number of nitrogens with zero attached hydrogens (tertiary/aromatic N) is 3. The summed E-state index contributed by atoms with van der Waals surface area (Å²) in [5, 5.41) is 15.4. The van der Waals surface area contributed by atoms with Crippen molar-refractivity contribution in [2.45, 2.75) is 32.4 Å². The SMILES string of the molecule is C[C@@H]1CN(Cc2cnn(-c3ccccc3Cl)c2)CC[C@]1(C)O. The van der Waals surface area contributed by atoms with E-state index >= 15 is 0 Å². The minimum absolute atomic E-state index is 0.278. The summed E-state index contributed by atoms with van der Waals surface area (Å²) in [5.41, 5.74) is 1.51. The highest BCUT2D eigenvalue weighted by Gasteiger charge is 2.34. The number of aliphatic hydroxyl groups is 1. The number of benzene rings is 1. The topological polar surface area (TPSA) is 41.3 Å². The molecule has 1 aromatic heterocycles. The number of hydrogen-bond acceptors (Lipinski definition) is 3. The third kappa shape index (κ3) is 3.19. The minimum Gasteiger partial charge on any atom is -0.390 e. The standard InChI is InChI=1S/C17H22ClN3O/c1-13-10-20(8-7-17(13,2)22)11-14-9-19-21(12-14)16-6-4-3-5-15(16)18/h3-6,9,12-13,22H,7-8,10-11H2,1-2H3/t13-,17+/m1/s1. The van der Waals surface area contributed by atoms with Crippen LogP contribution in [0, 0.1) is 5.92 Å². The summed E-state index contributed by atoms with van der Waals surface area (Å²) in [6, 6.07) is 7.69. The molecular weight excluding hydrogens is 298 g/mol. The van der Waals surface area contributed by atoms with Crippen LogP contribution in [0.25, 0.3) is 5.69 Å². The Bertz CT molecular complexity index is 653. The van der Waals surface area contributed by atoms with Gasteiger partial charge in [0.15, 0.2) is 0 Å². The van der Waals surface area contributed by atoms with Gasteiger partial charge in [-0.2, -0.15) is 5.10 Å². The van der Waals surface area contributed by atoms with Crippen LogP contribution in [0.5, 0.6) is 0 Å². The average molecular weight is 320 g/mol. The number of halogens is 1. The Labute approximate surface area is 136 Å². The molecule has 1 aromatic carbocycles. The molecule has 1 aliphatic rings. The molecule has 0 spiro atoms. The van der Waals surface area contributed by atoms with Crippen LogP contribution in [0.1, 0.15) is 25.8 Å². The van der Waals surface area contributed by atoms with E-state index in [1.165, 1.54) is 0 Å². The molecule has 2 aromatic rings. The van der Waals surface area contributed by atoms with Crippen LogP contribution in [-0.2, 0) is 6.54 Å². The van der Waals surface area contributed by atoms with Gasteiger partial charge in [0.25, 0.3) is 0 Å². The molecule has 2 heterocycles. The first-order valence-corrected chi connectivity index (χ1v) is 8.07. The Hall–Kier alpha value is -1.36. The molecule has 2 atom stereocenters. The minimum atomic E-state index is -0.543. The van der Waals surface area contributed by atoms with Crippen molar-refractivity contribution in [3.8, 4) is 5.69 Å². The third-order valence-electron chi connectivity index (χ3n) is 4.67. The Kier molecular flexibility index (Phi) is 4.26. The van der Waals surface area contributed by atoms with E-state index in [1.807, 2.05) is 48.3 Å². The molecule has 1 aliphatic heterocycles.